The molecule has 0 unspecified atom stereocenters. The number of carbonyl (C=O) groups excluding carboxylic acids is 1. The Labute approximate surface area is 101 Å². The highest BCUT2D eigenvalue weighted by molar-refractivity contribution is 6.59. The molecule has 0 saturated carbocycles. The van der Waals surface area contributed by atoms with Crippen LogP contribution >= 0.6 is 0 Å². The van der Waals surface area contributed by atoms with Crippen LogP contribution in [0.3, 0.4) is 0 Å². The minimum atomic E-state index is -1.50. The smallest absolute Gasteiger partial charge is 0.468 e. The van der Waals surface area contributed by atoms with E-state index in [1.54, 1.807) is 39.0 Å². The van der Waals surface area contributed by atoms with Crippen molar-refractivity contribution in [1.82, 2.24) is 0 Å². The van der Waals surface area contributed by atoms with E-state index in [4.69, 9.17) is 14.8 Å². The van der Waals surface area contributed by atoms with Crippen LogP contribution < -0.4 is 5.46 Å². The van der Waals surface area contributed by atoms with Crippen molar-refractivity contribution in [3.63, 3.8) is 0 Å². The third kappa shape index (κ3) is 2.68. The second kappa shape index (κ2) is 4.90. The summed E-state index contributed by atoms with van der Waals surface area (Å²) in [5, 5.41) is 18.2. The average Bonchev–Trinajstić information content (AvgIpc) is 2.27. The van der Waals surface area contributed by atoms with Crippen LogP contribution in [0, 0.1) is 6.92 Å². The molecule has 1 rings (SSSR count). The van der Waals surface area contributed by atoms with Crippen molar-refractivity contribution in [2.24, 2.45) is 0 Å². The van der Waals surface area contributed by atoms with Crippen LogP contribution in [0.15, 0.2) is 18.2 Å². The fourth-order valence-electron chi connectivity index (χ4n) is 1.73. The number of hydrogen-bond acceptors (Lipinski definition) is 4. The lowest BCUT2D eigenvalue weighted by molar-refractivity contribution is -0.146. The highest BCUT2D eigenvalue weighted by atomic mass is 16.5. The fourth-order valence-corrected chi connectivity index (χ4v) is 1.73. The highest BCUT2D eigenvalue weighted by Crippen LogP contribution is 2.24. The number of carbonyl (C=O) groups is 1. The number of rotatable bonds is 3. The molecule has 17 heavy (non-hydrogen) atoms. The Kier molecular flexibility index (Phi) is 3.96. The first-order chi connectivity index (χ1) is 7.80. The van der Waals surface area contributed by atoms with Gasteiger partial charge in [-0.15, -0.1) is 0 Å². The first-order valence-electron chi connectivity index (χ1n) is 5.36. The van der Waals surface area contributed by atoms with Gasteiger partial charge in [0.1, 0.15) is 0 Å². The minimum Gasteiger partial charge on any atom is -0.468 e. The molecule has 0 aromatic heterocycles. The minimum absolute atomic E-state index is 0.325. The van der Waals surface area contributed by atoms with Crippen molar-refractivity contribution in [3.8, 4) is 0 Å². The van der Waals surface area contributed by atoms with Crippen molar-refractivity contribution in [1.29, 1.82) is 0 Å². The van der Waals surface area contributed by atoms with Gasteiger partial charge in [-0.2, -0.15) is 0 Å². The van der Waals surface area contributed by atoms with Crippen LogP contribution in [0.25, 0.3) is 0 Å². The van der Waals surface area contributed by atoms with E-state index in [1.807, 2.05) is 0 Å². The van der Waals surface area contributed by atoms with E-state index in [2.05, 4.69) is 0 Å². The van der Waals surface area contributed by atoms with E-state index < -0.39 is 12.5 Å². The summed E-state index contributed by atoms with van der Waals surface area (Å²) in [6.45, 7) is 5.30. The van der Waals surface area contributed by atoms with Gasteiger partial charge < -0.3 is 14.8 Å². The number of hydrogen-bond donors (Lipinski definition) is 2. The monoisotopic (exact) mass is 236 g/mol. The molecule has 0 atom stereocenters. The number of esters is 1. The SMILES string of the molecule is COC(=O)C(C)(C)c1ccc(B(O)O)c(C)c1. The summed E-state index contributed by atoms with van der Waals surface area (Å²) in [6, 6.07) is 5.09. The maximum absolute atomic E-state index is 11.6. The van der Waals surface area contributed by atoms with Crippen molar-refractivity contribution in [2.45, 2.75) is 26.2 Å². The summed E-state index contributed by atoms with van der Waals surface area (Å²) in [5.41, 5.74) is 1.20. The number of aryl methyl sites for hydroxylation is 1. The van der Waals surface area contributed by atoms with Crippen LogP contribution in [-0.4, -0.2) is 30.2 Å². The molecule has 0 aliphatic rings. The van der Waals surface area contributed by atoms with Gasteiger partial charge >= 0.3 is 13.1 Å². The molecular formula is C12H17BO4. The summed E-state index contributed by atoms with van der Waals surface area (Å²) < 4.78 is 4.75. The van der Waals surface area contributed by atoms with E-state index in [0.29, 0.717) is 5.46 Å². The molecule has 0 heterocycles. The van der Waals surface area contributed by atoms with Gasteiger partial charge in [0.05, 0.1) is 12.5 Å². The van der Waals surface area contributed by atoms with E-state index >= 15 is 0 Å². The van der Waals surface area contributed by atoms with Crippen molar-refractivity contribution >= 4 is 18.6 Å². The van der Waals surface area contributed by atoms with Crippen LogP contribution in [-0.2, 0) is 14.9 Å². The Morgan fingerprint density at radius 2 is 1.94 bits per heavy atom. The van der Waals surface area contributed by atoms with Crippen molar-refractivity contribution < 1.29 is 19.6 Å². The Bertz CT molecular complexity index is 427. The predicted molar refractivity (Wildman–Crippen MR) is 66.0 cm³/mol. The second-order valence-electron chi connectivity index (χ2n) is 4.56. The quantitative estimate of drug-likeness (QED) is 0.578. The maximum atomic E-state index is 11.6. The third-order valence-electron chi connectivity index (χ3n) is 2.97. The molecule has 0 amide bonds. The molecule has 1 aromatic carbocycles. The van der Waals surface area contributed by atoms with Crippen LogP contribution in [0.2, 0.25) is 0 Å². The number of ether oxygens (including phenoxy) is 1. The lowest BCUT2D eigenvalue weighted by Crippen LogP contribution is -2.34. The molecular weight excluding hydrogens is 219 g/mol. The molecule has 0 aliphatic heterocycles. The zero-order valence-electron chi connectivity index (χ0n) is 10.5. The normalized spacial score (nSPS) is 11.2. The Morgan fingerprint density at radius 3 is 2.35 bits per heavy atom. The molecule has 0 aliphatic carbocycles. The standard InChI is InChI=1S/C12H17BO4/c1-8-7-9(5-6-10(8)13(15)16)12(2,3)11(14)17-4/h5-7,15-16H,1-4H3. The van der Waals surface area contributed by atoms with Gasteiger partial charge in [0.2, 0.25) is 0 Å². The van der Waals surface area contributed by atoms with E-state index in [1.165, 1.54) is 7.11 Å². The summed E-state index contributed by atoms with van der Waals surface area (Å²) in [7, 11) is -0.145. The average molecular weight is 236 g/mol. The Balaban J connectivity index is 3.18. The fraction of sp³-hybridized carbons (Fsp3) is 0.417. The van der Waals surface area contributed by atoms with Crippen LogP contribution in [0.5, 0.6) is 0 Å². The second-order valence-corrected chi connectivity index (χ2v) is 4.56. The lowest BCUT2D eigenvalue weighted by Gasteiger charge is -2.23. The van der Waals surface area contributed by atoms with Gasteiger partial charge in [-0.1, -0.05) is 23.8 Å². The largest absolute Gasteiger partial charge is 0.488 e. The third-order valence-corrected chi connectivity index (χ3v) is 2.97. The molecule has 0 fully saturated rings. The van der Waals surface area contributed by atoms with E-state index in [9.17, 15) is 4.79 Å². The molecule has 2 N–H and O–H groups in total. The first-order valence-corrected chi connectivity index (χ1v) is 5.36. The Morgan fingerprint density at radius 1 is 1.35 bits per heavy atom. The zero-order chi connectivity index (χ0) is 13.2. The summed E-state index contributed by atoms with van der Waals surface area (Å²) in [5.74, 6) is -0.325. The van der Waals surface area contributed by atoms with E-state index in [0.717, 1.165) is 11.1 Å². The van der Waals surface area contributed by atoms with Gasteiger partial charge in [0, 0.05) is 0 Å². The Hall–Kier alpha value is -1.33. The predicted octanol–water partition coefficient (Wildman–Crippen LogP) is 0.125. The van der Waals surface area contributed by atoms with Gasteiger partial charge in [0.15, 0.2) is 0 Å². The molecule has 92 valence electrons. The summed E-state index contributed by atoms with van der Waals surface area (Å²) in [4.78, 5) is 11.6. The first kappa shape index (κ1) is 13.7. The molecule has 1 aromatic rings. The highest BCUT2D eigenvalue weighted by Gasteiger charge is 2.31. The summed E-state index contributed by atoms with van der Waals surface area (Å²) in [6.07, 6.45) is 0. The lowest BCUT2D eigenvalue weighted by atomic mass is 9.74. The number of methoxy groups -OCH3 is 1. The summed E-state index contributed by atoms with van der Waals surface area (Å²) >= 11 is 0. The van der Waals surface area contributed by atoms with E-state index in [-0.39, 0.29) is 5.97 Å². The van der Waals surface area contributed by atoms with Crippen LogP contribution in [0.4, 0.5) is 0 Å². The maximum Gasteiger partial charge on any atom is 0.488 e. The molecule has 0 bridgehead atoms. The number of benzene rings is 1. The molecule has 0 radical (unpaired) electrons. The molecule has 0 spiro atoms. The van der Waals surface area contributed by atoms with Gasteiger partial charge in [0.25, 0.3) is 0 Å². The van der Waals surface area contributed by atoms with Crippen LogP contribution in [0.1, 0.15) is 25.0 Å². The molecule has 0 saturated heterocycles. The molecule has 4 nitrogen and oxygen atoms in total. The van der Waals surface area contributed by atoms with Gasteiger partial charge in [-0.25, -0.2) is 0 Å². The van der Waals surface area contributed by atoms with Crippen molar-refractivity contribution in [2.75, 3.05) is 7.11 Å². The van der Waals surface area contributed by atoms with Crippen molar-refractivity contribution in [3.05, 3.63) is 29.3 Å². The van der Waals surface area contributed by atoms with Gasteiger partial charge in [-0.3, -0.25) is 4.79 Å². The zero-order valence-corrected chi connectivity index (χ0v) is 10.5. The topological polar surface area (TPSA) is 66.8 Å². The molecule has 5 heteroatoms. The van der Waals surface area contributed by atoms with Gasteiger partial charge in [-0.05, 0) is 31.8 Å².